The molecule has 1 atom stereocenters. The van der Waals surface area contributed by atoms with Crippen LogP contribution in [0.4, 0.5) is 0 Å². The number of nitrogens with two attached hydrogens (primary N) is 1. The number of hydrogen-bond donors (Lipinski definition) is 1. The number of benzene rings is 1. The summed E-state index contributed by atoms with van der Waals surface area (Å²) < 4.78 is 5.92. The topological polar surface area (TPSA) is 39.2 Å². The lowest BCUT2D eigenvalue weighted by atomic mass is 9.96. The van der Waals surface area contributed by atoms with Gasteiger partial charge in [0.1, 0.15) is 0 Å². The Morgan fingerprint density at radius 2 is 1.94 bits per heavy atom. The summed E-state index contributed by atoms with van der Waals surface area (Å²) in [5.41, 5.74) is 10.8. The van der Waals surface area contributed by atoms with Gasteiger partial charge < -0.3 is 10.2 Å². The molecule has 1 heterocycles. The highest BCUT2D eigenvalue weighted by Crippen LogP contribution is 2.29. The number of furan rings is 1. The molecule has 0 radical (unpaired) electrons. The van der Waals surface area contributed by atoms with Crippen molar-refractivity contribution in [1.82, 2.24) is 0 Å². The van der Waals surface area contributed by atoms with Gasteiger partial charge in [-0.15, -0.1) is 0 Å². The van der Waals surface area contributed by atoms with E-state index in [0.717, 1.165) is 11.1 Å². The second-order valence-electron chi connectivity index (χ2n) is 3.99. The molecule has 1 aromatic heterocycles. The van der Waals surface area contributed by atoms with Gasteiger partial charge in [-0.05, 0) is 47.0 Å². The second kappa shape index (κ2) is 4.44. The predicted octanol–water partition coefficient (Wildman–Crippen LogP) is 3.71. The van der Waals surface area contributed by atoms with Crippen molar-refractivity contribution in [1.29, 1.82) is 0 Å². The van der Waals surface area contributed by atoms with Crippen LogP contribution in [0.1, 0.15) is 28.3 Å². The molecular weight excluding hydrogens is 266 g/mol. The summed E-state index contributed by atoms with van der Waals surface area (Å²) in [5, 5.41) is 0. The molecule has 0 amide bonds. The maximum absolute atomic E-state index is 6.24. The molecule has 0 saturated heterocycles. The molecule has 3 heteroatoms. The Bertz CT molecular complexity index is 504. The molecule has 0 saturated carbocycles. The van der Waals surface area contributed by atoms with Crippen LogP contribution in [-0.2, 0) is 0 Å². The van der Waals surface area contributed by atoms with Crippen LogP contribution in [0.15, 0.2) is 39.6 Å². The van der Waals surface area contributed by atoms with Crippen molar-refractivity contribution >= 4 is 15.9 Å². The average Bonchev–Trinajstić information content (AvgIpc) is 2.67. The van der Waals surface area contributed by atoms with E-state index >= 15 is 0 Å². The van der Waals surface area contributed by atoms with Crippen molar-refractivity contribution < 1.29 is 4.42 Å². The van der Waals surface area contributed by atoms with Gasteiger partial charge in [0.25, 0.3) is 0 Å². The highest BCUT2D eigenvalue weighted by Gasteiger charge is 2.16. The van der Waals surface area contributed by atoms with Gasteiger partial charge in [0.2, 0.25) is 0 Å². The van der Waals surface area contributed by atoms with Crippen LogP contribution in [0.3, 0.4) is 0 Å². The summed E-state index contributed by atoms with van der Waals surface area (Å²) in [7, 11) is 0. The molecular formula is C13H14BrNO. The van der Waals surface area contributed by atoms with Crippen molar-refractivity contribution in [3.8, 4) is 0 Å². The Morgan fingerprint density at radius 3 is 2.56 bits per heavy atom. The summed E-state index contributed by atoms with van der Waals surface area (Å²) in [4.78, 5) is 0. The Labute approximate surface area is 104 Å². The molecule has 0 aliphatic rings. The number of rotatable bonds is 2. The quantitative estimate of drug-likeness (QED) is 0.910. The van der Waals surface area contributed by atoms with E-state index in [1.807, 2.05) is 6.07 Å². The Kier molecular flexibility index (Phi) is 3.17. The van der Waals surface area contributed by atoms with Gasteiger partial charge >= 0.3 is 0 Å². The zero-order valence-corrected chi connectivity index (χ0v) is 10.9. The summed E-state index contributed by atoms with van der Waals surface area (Å²) in [6.45, 7) is 4.14. The highest BCUT2D eigenvalue weighted by molar-refractivity contribution is 9.10. The first-order valence-corrected chi connectivity index (χ1v) is 5.94. The van der Waals surface area contributed by atoms with Gasteiger partial charge in [-0.1, -0.05) is 23.8 Å². The van der Waals surface area contributed by atoms with E-state index in [4.69, 9.17) is 10.2 Å². The predicted molar refractivity (Wildman–Crippen MR) is 68.4 cm³/mol. The summed E-state index contributed by atoms with van der Waals surface area (Å²) >= 11 is 3.36. The molecule has 2 aromatic rings. The minimum absolute atomic E-state index is 0.145. The van der Waals surface area contributed by atoms with Gasteiger partial charge in [-0.25, -0.2) is 0 Å². The SMILES string of the molecule is Cc1ccc(C)c(C(N)c2ccoc2Br)c1. The first-order chi connectivity index (χ1) is 7.59. The first kappa shape index (κ1) is 11.4. The monoisotopic (exact) mass is 279 g/mol. The fraction of sp³-hybridized carbons (Fsp3) is 0.231. The van der Waals surface area contributed by atoms with E-state index in [-0.39, 0.29) is 6.04 Å². The highest BCUT2D eigenvalue weighted by atomic mass is 79.9. The van der Waals surface area contributed by atoms with Crippen molar-refractivity contribution in [3.05, 3.63) is 57.5 Å². The van der Waals surface area contributed by atoms with Crippen LogP contribution in [0.25, 0.3) is 0 Å². The smallest absolute Gasteiger partial charge is 0.174 e. The normalized spacial score (nSPS) is 12.8. The molecule has 16 heavy (non-hydrogen) atoms. The molecule has 0 spiro atoms. The van der Waals surface area contributed by atoms with E-state index in [9.17, 15) is 0 Å². The van der Waals surface area contributed by atoms with Gasteiger partial charge in [0.15, 0.2) is 4.67 Å². The molecule has 0 fully saturated rings. The standard InChI is InChI=1S/C13H14BrNO/c1-8-3-4-9(2)11(7-8)12(15)10-5-6-16-13(10)14/h3-7,12H,15H2,1-2H3. The third-order valence-electron chi connectivity index (χ3n) is 2.75. The first-order valence-electron chi connectivity index (χ1n) is 5.15. The number of aryl methyl sites for hydroxylation is 2. The molecule has 2 nitrogen and oxygen atoms in total. The van der Waals surface area contributed by atoms with Gasteiger partial charge in [0.05, 0.1) is 12.3 Å². The van der Waals surface area contributed by atoms with E-state index in [2.05, 4.69) is 48.0 Å². The summed E-state index contributed by atoms with van der Waals surface area (Å²) in [6.07, 6.45) is 1.64. The lowest BCUT2D eigenvalue weighted by Crippen LogP contribution is -2.13. The van der Waals surface area contributed by atoms with E-state index < -0.39 is 0 Å². The van der Waals surface area contributed by atoms with Gasteiger partial charge in [-0.2, -0.15) is 0 Å². The third kappa shape index (κ3) is 2.06. The van der Waals surface area contributed by atoms with Crippen LogP contribution in [-0.4, -0.2) is 0 Å². The van der Waals surface area contributed by atoms with E-state index in [1.54, 1.807) is 6.26 Å². The molecule has 84 valence electrons. The van der Waals surface area contributed by atoms with Crippen molar-refractivity contribution in [2.45, 2.75) is 19.9 Å². The molecule has 0 bridgehead atoms. The molecule has 0 aliphatic carbocycles. The lowest BCUT2D eigenvalue weighted by Gasteiger charge is -2.14. The zero-order chi connectivity index (χ0) is 11.7. The third-order valence-corrected chi connectivity index (χ3v) is 3.40. The van der Waals surface area contributed by atoms with E-state index in [1.165, 1.54) is 11.1 Å². The Balaban J connectivity index is 2.45. The minimum atomic E-state index is -0.145. The minimum Gasteiger partial charge on any atom is -0.457 e. The largest absolute Gasteiger partial charge is 0.457 e. The van der Waals surface area contributed by atoms with Crippen LogP contribution >= 0.6 is 15.9 Å². The molecule has 2 N–H and O–H groups in total. The summed E-state index contributed by atoms with van der Waals surface area (Å²) in [5.74, 6) is 0. The maximum atomic E-state index is 6.24. The zero-order valence-electron chi connectivity index (χ0n) is 9.33. The fourth-order valence-electron chi connectivity index (χ4n) is 1.79. The van der Waals surface area contributed by atoms with E-state index in [0.29, 0.717) is 4.67 Å². The Morgan fingerprint density at radius 1 is 1.19 bits per heavy atom. The van der Waals surface area contributed by atoms with Crippen molar-refractivity contribution in [2.75, 3.05) is 0 Å². The second-order valence-corrected chi connectivity index (χ2v) is 4.71. The number of halogens is 1. The van der Waals surface area contributed by atoms with Gasteiger partial charge in [-0.3, -0.25) is 0 Å². The van der Waals surface area contributed by atoms with Crippen LogP contribution in [0, 0.1) is 13.8 Å². The van der Waals surface area contributed by atoms with Crippen molar-refractivity contribution in [3.63, 3.8) is 0 Å². The van der Waals surface area contributed by atoms with Crippen LogP contribution in [0.5, 0.6) is 0 Å². The average molecular weight is 280 g/mol. The maximum Gasteiger partial charge on any atom is 0.174 e. The molecule has 2 rings (SSSR count). The molecule has 1 aromatic carbocycles. The summed E-state index contributed by atoms with van der Waals surface area (Å²) in [6, 6.07) is 8.07. The Hall–Kier alpha value is -1.06. The van der Waals surface area contributed by atoms with Crippen LogP contribution < -0.4 is 5.73 Å². The number of hydrogen-bond acceptors (Lipinski definition) is 2. The van der Waals surface area contributed by atoms with Crippen molar-refractivity contribution in [2.24, 2.45) is 5.73 Å². The van der Waals surface area contributed by atoms with Gasteiger partial charge in [0, 0.05) is 5.56 Å². The molecule has 0 aliphatic heterocycles. The fourth-order valence-corrected chi connectivity index (χ4v) is 2.28. The molecule has 1 unspecified atom stereocenters. The lowest BCUT2D eigenvalue weighted by molar-refractivity contribution is 0.534. The van der Waals surface area contributed by atoms with Crippen LogP contribution in [0.2, 0.25) is 0 Å².